The number of aromatic nitrogens is 3. The molecule has 248 valence electrons. The highest BCUT2D eigenvalue weighted by Crippen LogP contribution is 2.42. The van der Waals surface area contributed by atoms with Crippen molar-refractivity contribution in [3.05, 3.63) is 59.1 Å². The monoisotopic (exact) mass is 638 g/mol. The van der Waals surface area contributed by atoms with Gasteiger partial charge in [-0.2, -0.15) is 0 Å². The number of likely N-dealkylation sites (tertiary alicyclic amines) is 1. The molecule has 10 nitrogen and oxygen atoms in total. The van der Waals surface area contributed by atoms with Crippen LogP contribution in [0.5, 0.6) is 5.75 Å². The lowest BCUT2D eigenvalue weighted by Crippen LogP contribution is -2.52. The Bertz CT molecular complexity index is 1870. The summed E-state index contributed by atoms with van der Waals surface area (Å²) >= 11 is 0. The summed E-state index contributed by atoms with van der Waals surface area (Å²) in [5.41, 5.74) is 5.86. The molecule has 1 amide bonds. The number of piperidine rings is 1. The number of nitrogens with zero attached hydrogens (tertiary/aromatic N) is 5. The van der Waals surface area contributed by atoms with Gasteiger partial charge in [-0.25, -0.2) is 9.97 Å². The number of fused-ring (bicyclic) bond motifs is 3. The van der Waals surface area contributed by atoms with E-state index in [-0.39, 0.29) is 11.9 Å². The van der Waals surface area contributed by atoms with Crippen molar-refractivity contribution in [2.45, 2.75) is 65.0 Å². The van der Waals surface area contributed by atoms with Gasteiger partial charge in [-0.05, 0) is 71.2 Å². The number of ether oxygens (including phenoxy) is 2. The fourth-order valence-electron chi connectivity index (χ4n) is 7.71. The predicted molar refractivity (Wildman–Crippen MR) is 184 cm³/mol. The van der Waals surface area contributed by atoms with Gasteiger partial charge in [0.1, 0.15) is 23.0 Å². The van der Waals surface area contributed by atoms with Crippen LogP contribution in [0.4, 0.5) is 0 Å². The molecule has 1 unspecified atom stereocenters. The average Bonchev–Trinajstić information content (AvgIpc) is 3.56. The van der Waals surface area contributed by atoms with E-state index in [2.05, 4.69) is 52.0 Å². The fourth-order valence-corrected chi connectivity index (χ4v) is 7.71. The Kier molecular flexibility index (Phi) is 8.22. The second kappa shape index (κ2) is 12.2. The highest BCUT2D eigenvalue weighted by atomic mass is 16.7. The minimum absolute atomic E-state index is 0.0771. The van der Waals surface area contributed by atoms with E-state index in [0.29, 0.717) is 11.9 Å². The zero-order valence-corrected chi connectivity index (χ0v) is 28.6. The number of benzene rings is 2. The van der Waals surface area contributed by atoms with Crippen LogP contribution < -0.4 is 4.74 Å². The van der Waals surface area contributed by atoms with Gasteiger partial charge in [0.05, 0.1) is 42.9 Å². The molecule has 0 aliphatic carbocycles. The normalized spacial score (nSPS) is 20.4. The molecule has 2 fully saturated rings. The maximum atomic E-state index is 14.1. The summed E-state index contributed by atoms with van der Waals surface area (Å²) in [6.07, 6.45) is 2.01. The van der Waals surface area contributed by atoms with Crippen LogP contribution in [-0.2, 0) is 19.8 Å². The number of H-pyrrole nitrogens is 1. The van der Waals surface area contributed by atoms with E-state index in [9.17, 15) is 4.79 Å². The number of likely N-dealkylation sites (N-methyl/N-ethyl adjacent to an activating group) is 1. The topological polar surface area (TPSA) is 96.0 Å². The van der Waals surface area contributed by atoms with E-state index in [4.69, 9.17) is 24.3 Å². The third-order valence-corrected chi connectivity index (χ3v) is 10.5. The van der Waals surface area contributed by atoms with Crippen molar-refractivity contribution < 1.29 is 19.1 Å². The minimum atomic E-state index is -0.694. The summed E-state index contributed by atoms with van der Waals surface area (Å²) in [4.78, 5) is 37.9. The molecule has 10 heteroatoms. The molecule has 4 aromatic rings. The number of hydrogen-bond acceptors (Lipinski definition) is 8. The Morgan fingerprint density at radius 3 is 2.47 bits per heavy atom. The summed E-state index contributed by atoms with van der Waals surface area (Å²) in [7, 11) is 3.64. The van der Waals surface area contributed by atoms with E-state index >= 15 is 0 Å². The van der Waals surface area contributed by atoms with Crippen LogP contribution in [0.2, 0.25) is 0 Å². The summed E-state index contributed by atoms with van der Waals surface area (Å²) in [5.74, 6) is 2.47. The predicted octanol–water partition coefficient (Wildman–Crippen LogP) is 5.69. The van der Waals surface area contributed by atoms with Crippen LogP contribution in [0.15, 0.2) is 42.2 Å². The number of aryl methyl sites for hydroxylation is 1. The van der Waals surface area contributed by atoms with Crippen molar-refractivity contribution in [3.63, 3.8) is 0 Å². The third kappa shape index (κ3) is 5.56. The number of hydrogen-bond donors (Lipinski definition) is 1. The van der Waals surface area contributed by atoms with Crippen molar-refractivity contribution in [2.75, 3.05) is 53.6 Å². The van der Waals surface area contributed by atoms with Crippen LogP contribution in [0.25, 0.3) is 38.8 Å². The van der Waals surface area contributed by atoms with Gasteiger partial charge in [0, 0.05) is 66.9 Å². The molecule has 7 rings (SSSR count). The molecule has 0 bridgehead atoms. The fraction of sp³-hybridized carbons (Fsp3) is 0.486. The first-order chi connectivity index (χ1) is 22.6. The van der Waals surface area contributed by atoms with Crippen LogP contribution in [0.3, 0.4) is 0 Å². The van der Waals surface area contributed by atoms with Crippen molar-refractivity contribution in [1.29, 1.82) is 0 Å². The number of aromatic amines is 1. The molecular formula is C37H46N6O4. The van der Waals surface area contributed by atoms with E-state index in [1.54, 1.807) is 7.11 Å². The summed E-state index contributed by atoms with van der Waals surface area (Å²) in [6, 6.07) is 13.1. The molecule has 2 saturated heterocycles. The van der Waals surface area contributed by atoms with Crippen molar-refractivity contribution in [1.82, 2.24) is 29.8 Å². The Hall–Kier alpha value is -3.99. The van der Waals surface area contributed by atoms with Crippen LogP contribution in [0, 0.1) is 6.92 Å². The number of rotatable bonds is 6. The van der Waals surface area contributed by atoms with Gasteiger partial charge in [-0.15, -0.1) is 5.06 Å². The third-order valence-electron chi connectivity index (χ3n) is 10.5. The molecular weight excluding hydrogens is 592 g/mol. The zero-order chi connectivity index (χ0) is 33.0. The van der Waals surface area contributed by atoms with E-state index in [1.807, 2.05) is 45.9 Å². The number of carbonyl (C=O) groups is 1. The number of hydroxylamine groups is 2. The van der Waals surface area contributed by atoms with Gasteiger partial charge in [-0.3, -0.25) is 9.69 Å². The number of nitrogens with one attached hydrogen (secondary N) is 1. The van der Waals surface area contributed by atoms with E-state index < -0.39 is 5.41 Å². The number of morpholine rings is 1. The first kappa shape index (κ1) is 31.6. The Morgan fingerprint density at radius 1 is 1.04 bits per heavy atom. The number of amides is 1. The molecule has 1 N–H and O–H groups in total. The SMILES string of the molecule is COc1cc2c(cc1C1=C(C)ON(C)C1C)[nH]c1nc(C)nc(-c3cccc(C(C)(C)C(=O)N4CCC(N5CCOCC5)CC4)c3)c12. The van der Waals surface area contributed by atoms with Crippen LogP contribution >= 0.6 is 0 Å². The molecule has 3 aliphatic rings. The van der Waals surface area contributed by atoms with Gasteiger partial charge < -0.3 is 24.2 Å². The first-order valence-electron chi connectivity index (χ1n) is 16.8. The van der Waals surface area contributed by atoms with Crippen molar-refractivity contribution in [3.8, 4) is 17.0 Å². The summed E-state index contributed by atoms with van der Waals surface area (Å²) in [6.45, 7) is 15.3. The van der Waals surface area contributed by atoms with Gasteiger partial charge in [0.2, 0.25) is 5.91 Å². The van der Waals surface area contributed by atoms with Crippen LogP contribution in [-0.4, -0.2) is 101 Å². The second-order valence-electron chi connectivity index (χ2n) is 13.7. The lowest BCUT2D eigenvalue weighted by molar-refractivity contribution is -0.138. The Labute approximate surface area is 276 Å². The number of allylic oxidation sites excluding steroid dienone is 1. The average molecular weight is 639 g/mol. The van der Waals surface area contributed by atoms with Crippen molar-refractivity contribution in [2.24, 2.45) is 0 Å². The van der Waals surface area contributed by atoms with Gasteiger partial charge in [0.15, 0.2) is 0 Å². The van der Waals surface area contributed by atoms with E-state index in [0.717, 1.165) is 114 Å². The molecule has 2 aromatic heterocycles. The van der Waals surface area contributed by atoms with Gasteiger partial charge in [-0.1, -0.05) is 18.2 Å². The molecule has 0 spiro atoms. The molecule has 1 atom stereocenters. The lowest BCUT2D eigenvalue weighted by atomic mass is 9.81. The Morgan fingerprint density at radius 2 is 1.79 bits per heavy atom. The number of methoxy groups -OCH3 is 1. The Balaban J connectivity index is 1.22. The largest absolute Gasteiger partial charge is 0.496 e. The maximum absolute atomic E-state index is 14.1. The minimum Gasteiger partial charge on any atom is -0.496 e. The molecule has 0 radical (unpaired) electrons. The van der Waals surface area contributed by atoms with Crippen LogP contribution in [0.1, 0.15) is 57.5 Å². The summed E-state index contributed by atoms with van der Waals surface area (Å²) < 4.78 is 11.5. The van der Waals surface area contributed by atoms with Gasteiger partial charge >= 0.3 is 0 Å². The first-order valence-corrected chi connectivity index (χ1v) is 16.8. The quantitative estimate of drug-likeness (QED) is 0.288. The highest BCUT2D eigenvalue weighted by Gasteiger charge is 2.37. The molecule has 47 heavy (non-hydrogen) atoms. The number of carbonyl (C=O) groups excluding carboxylic acids is 1. The standard InChI is InChI=1S/C37H46N6O4/c1-22-32(23(2)47-41(22)6)29-20-30-28(21-31(29)45-7)33-34(38-24(3)39-35(33)40-30)25-9-8-10-26(19-25)37(4,5)36(44)43-13-11-27(12-14-43)42-15-17-46-18-16-42/h8-10,19-22,27H,11-18H2,1-7H3,(H,38,39,40). The van der Waals surface area contributed by atoms with Crippen molar-refractivity contribution >= 4 is 33.4 Å². The molecule has 3 aliphatic heterocycles. The summed E-state index contributed by atoms with van der Waals surface area (Å²) in [5, 5.41) is 3.78. The molecule has 0 saturated carbocycles. The lowest BCUT2D eigenvalue weighted by Gasteiger charge is -2.42. The smallest absolute Gasteiger partial charge is 0.232 e. The van der Waals surface area contributed by atoms with E-state index in [1.165, 1.54) is 0 Å². The van der Waals surface area contributed by atoms with Gasteiger partial charge in [0.25, 0.3) is 0 Å². The molecule has 2 aromatic carbocycles. The second-order valence-corrected chi connectivity index (χ2v) is 13.7. The highest BCUT2D eigenvalue weighted by molar-refractivity contribution is 6.13. The zero-order valence-electron chi connectivity index (χ0n) is 28.6. The maximum Gasteiger partial charge on any atom is 0.232 e. The molecule has 5 heterocycles.